The first-order chi connectivity index (χ1) is 9.65. The first-order valence-electron chi connectivity index (χ1n) is 6.48. The minimum absolute atomic E-state index is 0.833. The molecular formula is C16H19NO2S. The van der Waals surface area contributed by atoms with E-state index in [9.17, 15) is 0 Å². The number of aliphatic carboxylic acids is 1. The van der Waals surface area contributed by atoms with Gasteiger partial charge in [-0.05, 0) is 12.0 Å². The van der Waals surface area contributed by atoms with Gasteiger partial charge in [0.15, 0.2) is 0 Å². The maximum Gasteiger partial charge on any atom is 0.300 e. The topological polar surface area (TPSA) is 50.2 Å². The van der Waals surface area contributed by atoms with Crippen molar-refractivity contribution < 1.29 is 9.90 Å². The van der Waals surface area contributed by atoms with E-state index in [-0.39, 0.29) is 0 Å². The van der Waals surface area contributed by atoms with Gasteiger partial charge in [0.25, 0.3) is 5.97 Å². The lowest BCUT2D eigenvalue weighted by Crippen LogP contribution is -1.87. The number of carboxylic acid groups (broad SMARTS) is 1. The van der Waals surface area contributed by atoms with Crippen molar-refractivity contribution in [1.82, 2.24) is 4.98 Å². The molecule has 0 amide bonds. The third kappa shape index (κ3) is 5.80. The highest BCUT2D eigenvalue weighted by atomic mass is 32.1. The van der Waals surface area contributed by atoms with Crippen molar-refractivity contribution in [2.75, 3.05) is 0 Å². The molecule has 0 aliphatic heterocycles. The van der Waals surface area contributed by atoms with E-state index < -0.39 is 5.97 Å². The molecular weight excluding hydrogens is 270 g/mol. The highest BCUT2D eigenvalue weighted by molar-refractivity contribution is 7.07. The molecule has 2 aromatic rings. The standard InChI is InChI=1S/C14H15NS.C2H4O2/c1-2-3-9-13(14-10-16-11-15-14)12-7-5-4-6-8-12;1-2(3)4/h4-11H,2-3H2,1H3;1H3,(H,3,4). The zero-order valence-electron chi connectivity index (χ0n) is 11.7. The summed E-state index contributed by atoms with van der Waals surface area (Å²) in [5, 5.41) is 9.52. The Morgan fingerprint density at radius 3 is 2.50 bits per heavy atom. The Kier molecular flexibility index (Phi) is 7.29. The van der Waals surface area contributed by atoms with Crippen molar-refractivity contribution in [3.8, 4) is 0 Å². The Bertz CT molecular complexity index is 529. The molecule has 1 aromatic carbocycles. The van der Waals surface area contributed by atoms with Gasteiger partial charge in [0.2, 0.25) is 0 Å². The quantitative estimate of drug-likeness (QED) is 0.903. The van der Waals surface area contributed by atoms with Crippen LogP contribution in [0.5, 0.6) is 0 Å². The predicted molar refractivity (Wildman–Crippen MR) is 83.9 cm³/mol. The third-order valence-electron chi connectivity index (χ3n) is 2.43. The Balaban J connectivity index is 0.000000444. The largest absolute Gasteiger partial charge is 0.481 e. The van der Waals surface area contributed by atoms with Gasteiger partial charge in [-0.25, -0.2) is 4.98 Å². The van der Waals surface area contributed by atoms with Crippen LogP contribution in [0.1, 0.15) is 37.9 Å². The fraction of sp³-hybridized carbons (Fsp3) is 0.250. The van der Waals surface area contributed by atoms with Gasteiger partial charge >= 0.3 is 0 Å². The second kappa shape index (κ2) is 9.04. The number of benzene rings is 1. The van der Waals surface area contributed by atoms with Gasteiger partial charge in [-0.2, -0.15) is 0 Å². The summed E-state index contributed by atoms with van der Waals surface area (Å²) in [5.74, 6) is -0.833. The van der Waals surface area contributed by atoms with Crippen molar-refractivity contribution >= 4 is 22.9 Å². The molecule has 0 aliphatic rings. The molecule has 0 unspecified atom stereocenters. The van der Waals surface area contributed by atoms with Gasteiger partial charge in [-0.3, -0.25) is 4.79 Å². The summed E-state index contributed by atoms with van der Waals surface area (Å²) < 4.78 is 0. The maximum absolute atomic E-state index is 9.00. The molecule has 0 atom stereocenters. The van der Waals surface area contributed by atoms with Crippen molar-refractivity contribution in [1.29, 1.82) is 0 Å². The number of carbonyl (C=O) groups is 1. The third-order valence-corrected chi connectivity index (χ3v) is 3.02. The van der Waals surface area contributed by atoms with Crippen LogP contribution in [-0.2, 0) is 4.79 Å². The maximum atomic E-state index is 9.00. The van der Waals surface area contributed by atoms with Crippen LogP contribution < -0.4 is 0 Å². The summed E-state index contributed by atoms with van der Waals surface area (Å²) >= 11 is 1.64. The molecule has 0 fully saturated rings. The monoisotopic (exact) mass is 289 g/mol. The molecule has 0 radical (unpaired) electrons. The SMILES string of the molecule is CC(=O)O.CCCC=C(c1ccccc1)c1cscn1. The smallest absolute Gasteiger partial charge is 0.300 e. The number of thiazole rings is 1. The Morgan fingerprint density at radius 2 is 2.00 bits per heavy atom. The summed E-state index contributed by atoms with van der Waals surface area (Å²) in [6, 6.07) is 10.5. The van der Waals surface area contributed by atoms with Gasteiger partial charge in [0.05, 0.1) is 11.2 Å². The van der Waals surface area contributed by atoms with Gasteiger partial charge in [0.1, 0.15) is 0 Å². The Hall–Kier alpha value is -1.94. The summed E-state index contributed by atoms with van der Waals surface area (Å²) in [6.45, 7) is 3.28. The van der Waals surface area contributed by atoms with E-state index in [4.69, 9.17) is 9.90 Å². The molecule has 3 nitrogen and oxygen atoms in total. The predicted octanol–water partition coefficient (Wildman–Crippen LogP) is 4.47. The van der Waals surface area contributed by atoms with Crippen LogP contribution in [0.25, 0.3) is 5.57 Å². The van der Waals surface area contributed by atoms with Gasteiger partial charge < -0.3 is 5.11 Å². The average Bonchev–Trinajstić information content (AvgIpc) is 2.94. The second-order valence-corrected chi connectivity index (χ2v) is 4.88. The highest BCUT2D eigenvalue weighted by Gasteiger charge is 2.05. The van der Waals surface area contributed by atoms with Crippen molar-refractivity contribution in [2.24, 2.45) is 0 Å². The lowest BCUT2D eigenvalue weighted by Gasteiger charge is -2.04. The first kappa shape index (κ1) is 16.1. The van der Waals surface area contributed by atoms with E-state index in [1.54, 1.807) is 11.3 Å². The molecule has 0 saturated carbocycles. The van der Waals surface area contributed by atoms with Crippen molar-refractivity contribution in [2.45, 2.75) is 26.7 Å². The molecule has 1 N–H and O–H groups in total. The number of carboxylic acids is 1. The van der Waals surface area contributed by atoms with Crippen molar-refractivity contribution in [3.63, 3.8) is 0 Å². The average molecular weight is 289 g/mol. The molecule has 106 valence electrons. The second-order valence-electron chi connectivity index (χ2n) is 4.17. The lowest BCUT2D eigenvalue weighted by atomic mass is 10.0. The zero-order chi connectivity index (χ0) is 14.8. The fourth-order valence-electron chi connectivity index (χ4n) is 1.62. The highest BCUT2D eigenvalue weighted by Crippen LogP contribution is 2.23. The van der Waals surface area contributed by atoms with Crippen LogP contribution in [0.4, 0.5) is 0 Å². The molecule has 20 heavy (non-hydrogen) atoms. The van der Waals surface area contributed by atoms with Gasteiger partial charge in [-0.15, -0.1) is 11.3 Å². The number of hydrogen-bond donors (Lipinski definition) is 1. The molecule has 4 heteroatoms. The van der Waals surface area contributed by atoms with Crippen LogP contribution in [0.15, 0.2) is 47.3 Å². The van der Waals surface area contributed by atoms with E-state index in [0.29, 0.717) is 0 Å². The van der Waals surface area contributed by atoms with E-state index in [2.05, 4.69) is 47.6 Å². The number of rotatable bonds is 4. The number of nitrogens with zero attached hydrogens (tertiary/aromatic N) is 1. The van der Waals surface area contributed by atoms with Gasteiger partial charge in [-0.1, -0.05) is 49.8 Å². The molecule has 1 heterocycles. The molecule has 0 saturated heterocycles. The molecule has 1 aromatic heterocycles. The number of aromatic nitrogens is 1. The van der Waals surface area contributed by atoms with Crippen LogP contribution >= 0.6 is 11.3 Å². The van der Waals surface area contributed by atoms with Crippen LogP contribution in [0.2, 0.25) is 0 Å². The zero-order valence-corrected chi connectivity index (χ0v) is 12.6. The molecule has 0 spiro atoms. The minimum atomic E-state index is -0.833. The summed E-state index contributed by atoms with van der Waals surface area (Å²) in [5.41, 5.74) is 5.48. The first-order valence-corrected chi connectivity index (χ1v) is 7.43. The van der Waals surface area contributed by atoms with E-state index in [0.717, 1.165) is 19.0 Å². The van der Waals surface area contributed by atoms with Crippen LogP contribution in [-0.4, -0.2) is 16.1 Å². The fourth-order valence-corrected chi connectivity index (χ4v) is 2.17. The number of unbranched alkanes of at least 4 members (excludes halogenated alkanes) is 1. The van der Waals surface area contributed by atoms with E-state index >= 15 is 0 Å². The van der Waals surface area contributed by atoms with Crippen LogP contribution in [0, 0.1) is 0 Å². The summed E-state index contributed by atoms with van der Waals surface area (Å²) in [6.07, 6.45) is 4.55. The number of hydrogen-bond acceptors (Lipinski definition) is 3. The lowest BCUT2D eigenvalue weighted by molar-refractivity contribution is -0.134. The Morgan fingerprint density at radius 1 is 1.35 bits per heavy atom. The summed E-state index contributed by atoms with van der Waals surface area (Å²) in [4.78, 5) is 13.4. The Labute approximate surface area is 123 Å². The van der Waals surface area contributed by atoms with Gasteiger partial charge in [0, 0.05) is 17.9 Å². The molecule has 0 aliphatic carbocycles. The van der Waals surface area contributed by atoms with E-state index in [1.165, 1.54) is 17.6 Å². The molecule has 0 bridgehead atoms. The molecule has 2 rings (SSSR count). The van der Waals surface area contributed by atoms with Crippen molar-refractivity contribution in [3.05, 3.63) is 58.6 Å². The minimum Gasteiger partial charge on any atom is -0.481 e. The van der Waals surface area contributed by atoms with Crippen LogP contribution in [0.3, 0.4) is 0 Å². The normalized spacial score (nSPS) is 10.6. The number of allylic oxidation sites excluding steroid dienone is 1. The van der Waals surface area contributed by atoms with E-state index in [1.807, 2.05) is 11.6 Å². The summed E-state index contributed by atoms with van der Waals surface area (Å²) in [7, 11) is 0.